The van der Waals surface area contributed by atoms with Crippen molar-refractivity contribution in [3.8, 4) is 5.69 Å². The van der Waals surface area contributed by atoms with Crippen molar-refractivity contribution in [3.63, 3.8) is 0 Å². The van der Waals surface area contributed by atoms with Gasteiger partial charge in [0.15, 0.2) is 10.9 Å². The van der Waals surface area contributed by atoms with Crippen LogP contribution >= 0.6 is 27.7 Å². The van der Waals surface area contributed by atoms with E-state index >= 15 is 0 Å². The Bertz CT molecular complexity index is 1280. The Balaban J connectivity index is 1.63. The van der Waals surface area contributed by atoms with Crippen LogP contribution in [0.15, 0.2) is 76.4 Å². The number of Topliss-reactive ketones (excluding diaryl/α,β-unsaturated/α-hetero) is 1. The van der Waals surface area contributed by atoms with E-state index < -0.39 is 0 Å². The van der Waals surface area contributed by atoms with Gasteiger partial charge in [-0.2, -0.15) is 0 Å². The number of ketones is 1. The number of fused-ring (bicyclic) bond motifs is 1. The van der Waals surface area contributed by atoms with E-state index in [1.165, 1.54) is 18.7 Å². The third kappa shape index (κ3) is 5.69. The predicted molar refractivity (Wildman–Crippen MR) is 135 cm³/mol. The molecule has 0 saturated carbocycles. The molecule has 1 amide bonds. The van der Waals surface area contributed by atoms with Gasteiger partial charge >= 0.3 is 0 Å². The lowest BCUT2D eigenvalue weighted by Crippen LogP contribution is -2.21. The van der Waals surface area contributed by atoms with E-state index in [1.807, 2.05) is 53.1 Å². The summed E-state index contributed by atoms with van der Waals surface area (Å²) in [5.41, 5.74) is 1.64. The Morgan fingerprint density at radius 2 is 1.76 bits per heavy atom. The van der Waals surface area contributed by atoms with E-state index in [0.717, 1.165) is 33.2 Å². The number of thioether (sulfide) groups is 1. The van der Waals surface area contributed by atoms with Gasteiger partial charge in [0.25, 0.3) is 0 Å². The van der Waals surface area contributed by atoms with Gasteiger partial charge in [-0.05, 0) is 30.0 Å². The fourth-order valence-corrected chi connectivity index (χ4v) is 4.68. The molecule has 0 spiro atoms. The van der Waals surface area contributed by atoms with Crippen LogP contribution in [-0.2, 0) is 11.2 Å². The topological polar surface area (TPSA) is 76.9 Å². The second-order valence-corrected chi connectivity index (χ2v) is 9.40. The van der Waals surface area contributed by atoms with Gasteiger partial charge in [0.1, 0.15) is 5.82 Å². The maximum Gasteiger partial charge on any atom is 0.216 e. The van der Waals surface area contributed by atoms with E-state index in [1.54, 1.807) is 0 Å². The zero-order valence-corrected chi connectivity index (χ0v) is 20.5. The van der Waals surface area contributed by atoms with E-state index in [4.69, 9.17) is 0 Å². The molecule has 6 nitrogen and oxygen atoms in total. The quantitative estimate of drug-likeness (QED) is 0.185. The first-order chi connectivity index (χ1) is 16.0. The molecule has 1 N–H and O–H groups in total. The van der Waals surface area contributed by atoms with E-state index in [-0.39, 0.29) is 17.4 Å². The number of hydrogen-bond acceptors (Lipinski definition) is 5. The fraction of sp³-hybridized carbons (Fsp3) is 0.200. The zero-order valence-electron chi connectivity index (χ0n) is 18.1. The van der Waals surface area contributed by atoms with Crippen LogP contribution in [0.2, 0.25) is 0 Å². The normalized spacial score (nSPS) is 11.0. The monoisotopic (exact) mass is 522 g/mol. The Morgan fingerprint density at radius 3 is 2.55 bits per heavy atom. The minimum Gasteiger partial charge on any atom is -0.356 e. The minimum absolute atomic E-state index is 0.0344. The molecule has 1 aromatic heterocycles. The number of amides is 1. The molecule has 33 heavy (non-hydrogen) atoms. The van der Waals surface area contributed by atoms with Crippen molar-refractivity contribution in [3.05, 3.63) is 82.6 Å². The molecule has 0 fully saturated rings. The first-order valence-electron chi connectivity index (χ1n) is 10.6. The van der Waals surface area contributed by atoms with Gasteiger partial charge in [0.2, 0.25) is 5.91 Å². The molecule has 0 atom stereocenters. The second kappa shape index (κ2) is 10.8. The molecule has 168 valence electrons. The second-order valence-electron chi connectivity index (χ2n) is 7.54. The van der Waals surface area contributed by atoms with E-state index in [9.17, 15) is 9.59 Å². The third-order valence-electron chi connectivity index (χ3n) is 5.16. The van der Waals surface area contributed by atoms with Crippen LogP contribution in [0, 0.1) is 0 Å². The van der Waals surface area contributed by atoms with Crippen molar-refractivity contribution in [1.29, 1.82) is 0 Å². The summed E-state index contributed by atoms with van der Waals surface area (Å²) in [6.45, 7) is 2.08. The molecule has 8 heteroatoms. The van der Waals surface area contributed by atoms with Gasteiger partial charge in [-0.25, -0.2) is 0 Å². The number of aryl methyl sites for hydroxylation is 1. The molecule has 0 saturated heterocycles. The van der Waals surface area contributed by atoms with Crippen LogP contribution in [0.25, 0.3) is 16.5 Å². The van der Waals surface area contributed by atoms with Gasteiger partial charge in [0.05, 0.1) is 11.4 Å². The van der Waals surface area contributed by atoms with Gasteiger partial charge in [-0.3, -0.25) is 14.2 Å². The summed E-state index contributed by atoms with van der Waals surface area (Å²) in [5, 5.41) is 14.6. The van der Waals surface area contributed by atoms with Crippen molar-refractivity contribution >= 4 is 50.2 Å². The van der Waals surface area contributed by atoms with E-state index in [2.05, 4.69) is 49.6 Å². The number of halogens is 1. The van der Waals surface area contributed by atoms with Gasteiger partial charge < -0.3 is 5.32 Å². The van der Waals surface area contributed by atoms with Crippen molar-refractivity contribution in [2.24, 2.45) is 0 Å². The number of nitrogens with zero attached hydrogens (tertiary/aromatic N) is 3. The number of benzene rings is 3. The summed E-state index contributed by atoms with van der Waals surface area (Å²) >= 11 is 4.78. The van der Waals surface area contributed by atoms with Crippen molar-refractivity contribution in [2.45, 2.75) is 24.9 Å². The average Bonchev–Trinajstić information content (AvgIpc) is 3.22. The summed E-state index contributed by atoms with van der Waals surface area (Å²) in [5.74, 6) is 1.05. The fourth-order valence-electron chi connectivity index (χ4n) is 3.56. The molecular formula is C25H23BrN4O2S. The smallest absolute Gasteiger partial charge is 0.216 e. The minimum atomic E-state index is -0.0479. The highest BCUT2D eigenvalue weighted by molar-refractivity contribution is 9.10. The highest BCUT2D eigenvalue weighted by atomic mass is 79.9. The highest BCUT2D eigenvalue weighted by Gasteiger charge is 2.18. The number of aromatic nitrogens is 3. The number of carbonyl (C=O) groups excluding carboxylic acids is 2. The molecule has 1 heterocycles. The van der Waals surface area contributed by atoms with Gasteiger partial charge in [-0.1, -0.05) is 76.2 Å². The molecular weight excluding hydrogens is 500 g/mol. The summed E-state index contributed by atoms with van der Waals surface area (Å²) in [7, 11) is 0. The molecule has 3 aromatic carbocycles. The molecule has 4 rings (SSSR count). The lowest BCUT2D eigenvalue weighted by atomic mass is 10.1. The van der Waals surface area contributed by atoms with Crippen molar-refractivity contribution in [1.82, 2.24) is 20.1 Å². The first-order valence-corrected chi connectivity index (χ1v) is 12.4. The number of nitrogens with one attached hydrogen (secondary N) is 1. The molecule has 4 aromatic rings. The number of rotatable bonds is 9. The van der Waals surface area contributed by atoms with Crippen LogP contribution in [0.3, 0.4) is 0 Å². The molecule has 0 aliphatic carbocycles. The summed E-state index contributed by atoms with van der Waals surface area (Å²) in [4.78, 5) is 23.9. The highest BCUT2D eigenvalue weighted by Crippen LogP contribution is 2.29. The lowest BCUT2D eigenvalue weighted by molar-refractivity contribution is -0.118. The number of hydrogen-bond donors (Lipinski definition) is 1. The van der Waals surface area contributed by atoms with Crippen LogP contribution in [0.4, 0.5) is 0 Å². The largest absolute Gasteiger partial charge is 0.356 e. The third-order valence-corrected chi connectivity index (χ3v) is 6.62. The average molecular weight is 523 g/mol. The van der Waals surface area contributed by atoms with E-state index in [0.29, 0.717) is 23.7 Å². The van der Waals surface area contributed by atoms with Crippen LogP contribution < -0.4 is 5.32 Å². The molecule has 0 radical (unpaired) electrons. The van der Waals surface area contributed by atoms with Crippen LogP contribution in [-0.4, -0.2) is 38.8 Å². The maximum atomic E-state index is 12.7. The summed E-state index contributed by atoms with van der Waals surface area (Å²) in [6.07, 6.45) is 1.39. The van der Waals surface area contributed by atoms with Crippen LogP contribution in [0.5, 0.6) is 0 Å². The summed E-state index contributed by atoms with van der Waals surface area (Å²) < 4.78 is 2.97. The molecule has 0 bridgehead atoms. The molecule has 0 aliphatic heterocycles. The SMILES string of the molecule is CC(=O)NCCCc1nnc(SCC(=O)c2ccc(Br)cc2)n1-c1cccc2ccccc12. The molecule has 0 aliphatic rings. The van der Waals surface area contributed by atoms with Gasteiger partial charge in [0, 0.05) is 35.3 Å². The Hall–Kier alpha value is -2.97. The zero-order chi connectivity index (χ0) is 23.2. The van der Waals surface area contributed by atoms with Gasteiger partial charge in [-0.15, -0.1) is 10.2 Å². The van der Waals surface area contributed by atoms with Crippen LogP contribution in [0.1, 0.15) is 29.5 Å². The first kappa shape index (κ1) is 23.2. The number of carbonyl (C=O) groups is 2. The predicted octanol–water partition coefficient (Wildman–Crippen LogP) is 5.23. The Morgan fingerprint density at radius 1 is 1.00 bits per heavy atom. The van der Waals surface area contributed by atoms with Crippen molar-refractivity contribution < 1.29 is 9.59 Å². The Labute approximate surface area is 204 Å². The maximum absolute atomic E-state index is 12.7. The van der Waals surface area contributed by atoms with Crippen molar-refractivity contribution in [2.75, 3.05) is 12.3 Å². The molecule has 0 unspecified atom stereocenters. The Kier molecular flexibility index (Phi) is 7.57. The lowest BCUT2D eigenvalue weighted by Gasteiger charge is -2.13. The summed E-state index contributed by atoms with van der Waals surface area (Å²) in [6, 6.07) is 21.7. The standard InChI is InChI=1S/C25H23BrN4O2S/c1-17(31)27-15-5-10-24-28-29-25(33-16-23(32)19-11-13-20(26)14-12-19)30(24)22-9-4-7-18-6-2-3-8-21(18)22/h2-4,6-9,11-14H,5,10,15-16H2,1H3,(H,27,31).